The summed E-state index contributed by atoms with van der Waals surface area (Å²) >= 11 is 5.73. The average molecular weight is 532 g/mol. The van der Waals surface area contributed by atoms with Crippen molar-refractivity contribution in [3.05, 3.63) is 113 Å². The van der Waals surface area contributed by atoms with Gasteiger partial charge in [0, 0.05) is 36.2 Å². The van der Waals surface area contributed by atoms with Crippen molar-refractivity contribution in [3.8, 4) is 5.69 Å². The second-order valence-corrected chi connectivity index (χ2v) is 9.62. The molecular weight excluding hydrogens is 504 g/mol. The van der Waals surface area contributed by atoms with Gasteiger partial charge in [0.15, 0.2) is 5.11 Å². The third-order valence-electron chi connectivity index (χ3n) is 6.80. The fourth-order valence-corrected chi connectivity index (χ4v) is 5.39. The zero-order chi connectivity index (χ0) is 26.8. The van der Waals surface area contributed by atoms with Gasteiger partial charge < -0.3 is 20.1 Å². The van der Waals surface area contributed by atoms with Crippen molar-refractivity contribution in [1.82, 2.24) is 19.8 Å². The molecular formula is C29H27F2N5OS. The van der Waals surface area contributed by atoms with Crippen LogP contribution >= 0.6 is 12.2 Å². The number of amides is 1. The number of aryl methyl sites for hydroxylation is 1. The Morgan fingerprint density at radius 1 is 1.05 bits per heavy atom. The van der Waals surface area contributed by atoms with Crippen LogP contribution in [0, 0.1) is 25.5 Å². The van der Waals surface area contributed by atoms with Gasteiger partial charge in [-0.2, -0.15) is 0 Å². The van der Waals surface area contributed by atoms with Gasteiger partial charge in [0.2, 0.25) is 5.91 Å². The Morgan fingerprint density at radius 2 is 1.79 bits per heavy atom. The maximum absolute atomic E-state index is 14.0. The molecule has 9 heteroatoms. The Hall–Kier alpha value is -4.11. The summed E-state index contributed by atoms with van der Waals surface area (Å²) in [7, 11) is 0. The first kappa shape index (κ1) is 25.5. The van der Waals surface area contributed by atoms with E-state index < -0.39 is 5.82 Å². The normalized spacial score (nSPS) is 16.9. The van der Waals surface area contributed by atoms with E-state index in [1.807, 2.05) is 36.9 Å². The monoisotopic (exact) mass is 531 g/mol. The maximum atomic E-state index is 14.0. The number of rotatable bonds is 7. The van der Waals surface area contributed by atoms with E-state index in [-0.39, 0.29) is 35.9 Å². The SMILES string of the molecule is Cc1cc([C@H]2[C@H](c3ccccn3)NC(=S)N2CCC(=O)Nc2ccccc2F)c(C)n1-c1ccc(F)cc1. The number of aromatic nitrogens is 2. The highest BCUT2D eigenvalue weighted by atomic mass is 32.1. The van der Waals surface area contributed by atoms with Crippen molar-refractivity contribution < 1.29 is 13.6 Å². The molecule has 38 heavy (non-hydrogen) atoms. The summed E-state index contributed by atoms with van der Waals surface area (Å²) in [6, 6.07) is 19.8. The lowest BCUT2D eigenvalue weighted by atomic mass is 9.96. The highest BCUT2D eigenvalue weighted by molar-refractivity contribution is 7.80. The maximum Gasteiger partial charge on any atom is 0.226 e. The quantitative estimate of drug-likeness (QED) is 0.297. The van der Waals surface area contributed by atoms with E-state index in [4.69, 9.17) is 12.2 Å². The smallest absolute Gasteiger partial charge is 0.226 e. The standard InChI is InChI=1S/C29H27F2N5OS/c1-18-17-22(19(2)36(18)21-12-10-20(30)11-13-21)28-27(25-9-5-6-15-32-25)34-29(38)35(28)16-14-26(37)33-24-8-4-3-7-23(24)31/h3-13,15,17,27-28H,14,16H2,1-2H3,(H,33,37)(H,34,38)/t27-,28-/m0/s1. The summed E-state index contributed by atoms with van der Waals surface area (Å²) in [6.45, 7) is 4.34. The Balaban J connectivity index is 1.47. The van der Waals surface area contributed by atoms with Crippen LogP contribution in [0.15, 0.2) is 79.0 Å². The van der Waals surface area contributed by atoms with Crippen LogP contribution in [0.25, 0.3) is 5.69 Å². The van der Waals surface area contributed by atoms with Crippen molar-refractivity contribution >= 4 is 28.9 Å². The number of nitrogens with zero attached hydrogens (tertiary/aromatic N) is 3. The molecule has 1 fully saturated rings. The highest BCUT2D eigenvalue weighted by Gasteiger charge is 2.41. The van der Waals surface area contributed by atoms with Crippen LogP contribution in [0.4, 0.5) is 14.5 Å². The minimum atomic E-state index is -0.486. The molecule has 0 bridgehead atoms. The van der Waals surface area contributed by atoms with Crippen molar-refractivity contribution in [2.45, 2.75) is 32.4 Å². The summed E-state index contributed by atoms with van der Waals surface area (Å²) < 4.78 is 29.7. The summed E-state index contributed by atoms with van der Waals surface area (Å²) in [5.74, 6) is -1.09. The van der Waals surface area contributed by atoms with Crippen LogP contribution in [0.3, 0.4) is 0 Å². The Kier molecular flexibility index (Phi) is 7.20. The van der Waals surface area contributed by atoms with Crippen molar-refractivity contribution in [2.24, 2.45) is 0 Å². The lowest BCUT2D eigenvalue weighted by Crippen LogP contribution is -2.33. The number of halogens is 2. The van der Waals surface area contributed by atoms with Gasteiger partial charge in [-0.3, -0.25) is 9.78 Å². The van der Waals surface area contributed by atoms with Gasteiger partial charge in [-0.1, -0.05) is 18.2 Å². The van der Waals surface area contributed by atoms with E-state index in [0.717, 1.165) is 28.3 Å². The number of hydrogen-bond acceptors (Lipinski definition) is 3. The number of benzene rings is 2. The number of pyridine rings is 1. The Morgan fingerprint density at radius 3 is 2.50 bits per heavy atom. The van der Waals surface area contributed by atoms with Crippen molar-refractivity contribution in [2.75, 3.05) is 11.9 Å². The molecule has 5 rings (SSSR count). The highest BCUT2D eigenvalue weighted by Crippen LogP contribution is 2.41. The van der Waals surface area contributed by atoms with Gasteiger partial charge in [-0.25, -0.2) is 8.78 Å². The van der Waals surface area contributed by atoms with Crippen LogP contribution in [-0.4, -0.2) is 32.0 Å². The van der Waals surface area contributed by atoms with Crippen LogP contribution in [0.2, 0.25) is 0 Å². The molecule has 2 aromatic heterocycles. The van der Waals surface area contributed by atoms with Crippen molar-refractivity contribution in [3.63, 3.8) is 0 Å². The average Bonchev–Trinajstić information content (AvgIpc) is 3.39. The van der Waals surface area contributed by atoms with Crippen LogP contribution in [0.1, 0.15) is 41.1 Å². The van der Waals surface area contributed by atoms with Gasteiger partial charge in [0.25, 0.3) is 0 Å². The molecule has 0 radical (unpaired) electrons. The molecule has 0 aliphatic carbocycles. The van der Waals surface area contributed by atoms with Gasteiger partial charge in [0.1, 0.15) is 11.6 Å². The largest absolute Gasteiger partial charge is 0.352 e. The molecule has 4 aromatic rings. The number of carbonyl (C=O) groups excluding carboxylic acids is 1. The molecule has 6 nitrogen and oxygen atoms in total. The lowest BCUT2D eigenvalue weighted by molar-refractivity contribution is -0.116. The lowest BCUT2D eigenvalue weighted by Gasteiger charge is -2.28. The first-order valence-corrected chi connectivity index (χ1v) is 12.7. The molecule has 3 heterocycles. The fraction of sp³-hybridized carbons (Fsp3) is 0.207. The minimum absolute atomic E-state index is 0.109. The number of nitrogens with one attached hydrogen (secondary N) is 2. The van der Waals surface area contributed by atoms with Crippen LogP contribution in [0.5, 0.6) is 0 Å². The van der Waals surface area contributed by atoms with Gasteiger partial charge >= 0.3 is 0 Å². The number of para-hydroxylation sites is 1. The summed E-state index contributed by atoms with van der Waals surface area (Å²) in [5.41, 5.74) is 4.80. The molecule has 194 valence electrons. The first-order valence-electron chi connectivity index (χ1n) is 12.3. The predicted octanol–water partition coefficient (Wildman–Crippen LogP) is 5.77. The van der Waals surface area contributed by atoms with E-state index in [0.29, 0.717) is 11.7 Å². The topological polar surface area (TPSA) is 62.2 Å². The zero-order valence-electron chi connectivity index (χ0n) is 21.0. The number of hydrogen-bond donors (Lipinski definition) is 2. The summed E-state index contributed by atoms with van der Waals surface area (Å²) in [6.07, 6.45) is 1.85. The second kappa shape index (κ2) is 10.7. The Bertz CT molecular complexity index is 1470. The van der Waals surface area contributed by atoms with E-state index >= 15 is 0 Å². The van der Waals surface area contributed by atoms with Crippen LogP contribution < -0.4 is 10.6 Å². The molecule has 2 aromatic carbocycles. The first-order chi connectivity index (χ1) is 18.3. The summed E-state index contributed by atoms with van der Waals surface area (Å²) in [5, 5.41) is 6.55. The van der Waals surface area contributed by atoms with E-state index in [1.165, 1.54) is 24.3 Å². The van der Waals surface area contributed by atoms with E-state index in [2.05, 4.69) is 26.3 Å². The molecule has 2 N–H and O–H groups in total. The number of anilines is 1. The predicted molar refractivity (Wildman–Crippen MR) is 147 cm³/mol. The zero-order valence-corrected chi connectivity index (χ0v) is 21.8. The molecule has 1 amide bonds. The van der Waals surface area contributed by atoms with Crippen molar-refractivity contribution in [1.29, 1.82) is 0 Å². The molecule has 0 spiro atoms. The second-order valence-electron chi connectivity index (χ2n) is 9.24. The third-order valence-corrected chi connectivity index (χ3v) is 7.15. The molecule has 0 saturated carbocycles. The molecule has 1 saturated heterocycles. The van der Waals surface area contributed by atoms with E-state index in [9.17, 15) is 13.6 Å². The fourth-order valence-electron chi connectivity index (χ4n) is 5.06. The minimum Gasteiger partial charge on any atom is -0.352 e. The van der Waals surface area contributed by atoms with Crippen LogP contribution in [-0.2, 0) is 4.79 Å². The Labute approximate surface area is 225 Å². The van der Waals surface area contributed by atoms with Gasteiger partial charge in [-0.15, -0.1) is 0 Å². The van der Waals surface area contributed by atoms with Gasteiger partial charge in [-0.05, 0) is 86.2 Å². The summed E-state index contributed by atoms with van der Waals surface area (Å²) in [4.78, 5) is 19.3. The van der Waals surface area contributed by atoms with E-state index in [1.54, 1.807) is 30.5 Å². The number of thiocarbonyl (C=S) groups is 1. The molecule has 1 aliphatic heterocycles. The molecule has 2 atom stereocenters. The molecule has 0 unspecified atom stereocenters. The molecule has 1 aliphatic rings. The van der Waals surface area contributed by atoms with Gasteiger partial charge in [0.05, 0.1) is 23.5 Å². The number of carbonyl (C=O) groups is 1. The third kappa shape index (κ3) is 5.02.